The quantitative estimate of drug-likeness (QED) is 0.478. The smallest absolute Gasteiger partial charge is 0.317 e. The first-order valence-corrected chi connectivity index (χ1v) is 12.5. The molecule has 0 saturated carbocycles. The minimum atomic E-state index is -0.299. The summed E-state index contributed by atoms with van der Waals surface area (Å²) in [7, 11) is 0. The predicted molar refractivity (Wildman–Crippen MR) is 140 cm³/mol. The molecule has 188 valence electrons. The third-order valence-electron chi connectivity index (χ3n) is 5.67. The molecule has 36 heavy (non-hydrogen) atoms. The maximum Gasteiger partial charge on any atom is 0.317 e. The van der Waals surface area contributed by atoms with E-state index in [1.807, 2.05) is 36.3 Å². The number of amides is 2. The van der Waals surface area contributed by atoms with Crippen LogP contribution >= 0.6 is 23.2 Å². The average molecular weight is 527 g/mol. The van der Waals surface area contributed by atoms with Crippen molar-refractivity contribution in [3.63, 3.8) is 0 Å². The number of urea groups is 1. The average Bonchev–Trinajstić information content (AvgIpc) is 3.24. The van der Waals surface area contributed by atoms with Gasteiger partial charge in [0.15, 0.2) is 0 Å². The first-order chi connectivity index (χ1) is 17.1. The fraction of sp³-hybridized carbons (Fsp3) is 0.400. The lowest BCUT2D eigenvalue weighted by atomic mass is 10.1. The first-order valence-electron chi connectivity index (χ1n) is 11.7. The number of piperidine rings is 1. The van der Waals surface area contributed by atoms with Gasteiger partial charge in [-0.3, -0.25) is 4.57 Å². The van der Waals surface area contributed by atoms with Crippen LogP contribution in [0.4, 0.5) is 10.7 Å². The van der Waals surface area contributed by atoms with Gasteiger partial charge in [0.1, 0.15) is 11.6 Å². The maximum absolute atomic E-state index is 12.6. The summed E-state index contributed by atoms with van der Waals surface area (Å²) in [5, 5.41) is 16.6. The molecule has 9 nitrogen and oxygen atoms in total. The molecule has 1 fully saturated rings. The summed E-state index contributed by atoms with van der Waals surface area (Å²) in [6, 6.07) is 9.14. The van der Waals surface area contributed by atoms with Gasteiger partial charge in [-0.05, 0) is 57.9 Å². The predicted octanol–water partition coefficient (Wildman–Crippen LogP) is 5.09. The molecule has 2 aromatic heterocycles. The minimum Gasteiger partial charge on any atom is -0.350 e. The zero-order valence-corrected chi connectivity index (χ0v) is 21.9. The number of nitrogens with zero attached hydrogens (tertiary/aromatic N) is 6. The van der Waals surface area contributed by atoms with Crippen LogP contribution in [-0.2, 0) is 6.42 Å². The monoisotopic (exact) mass is 526 g/mol. The highest BCUT2D eigenvalue weighted by atomic mass is 35.5. The molecule has 3 aromatic rings. The molecule has 3 heterocycles. The van der Waals surface area contributed by atoms with Crippen molar-refractivity contribution >= 4 is 35.2 Å². The van der Waals surface area contributed by atoms with E-state index in [0.717, 1.165) is 18.4 Å². The van der Waals surface area contributed by atoms with Crippen molar-refractivity contribution in [3.8, 4) is 23.3 Å². The lowest BCUT2D eigenvalue weighted by Crippen LogP contribution is -2.53. The van der Waals surface area contributed by atoms with Crippen molar-refractivity contribution in [2.24, 2.45) is 0 Å². The summed E-state index contributed by atoms with van der Waals surface area (Å²) < 4.78 is 1.82. The second-order valence-corrected chi connectivity index (χ2v) is 10.5. The van der Waals surface area contributed by atoms with E-state index in [1.165, 1.54) is 0 Å². The van der Waals surface area contributed by atoms with Crippen molar-refractivity contribution in [2.75, 3.05) is 18.4 Å². The van der Waals surface area contributed by atoms with Crippen LogP contribution in [0, 0.1) is 11.3 Å². The summed E-state index contributed by atoms with van der Waals surface area (Å²) >= 11 is 12.3. The highest BCUT2D eigenvalue weighted by Gasteiger charge is 2.26. The van der Waals surface area contributed by atoms with E-state index in [2.05, 4.69) is 26.7 Å². The van der Waals surface area contributed by atoms with Crippen LogP contribution in [0.25, 0.3) is 17.2 Å². The summed E-state index contributed by atoms with van der Waals surface area (Å²) in [4.78, 5) is 28.1. The van der Waals surface area contributed by atoms with E-state index in [1.54, 1.807) is 30.6 Å². The van der Waals surface area contributed by atoms with Crippen molar-refractivity contribution < 1.29 is 4.79 Å². The number of rotatable bonds is 5. The van der Waals surface area contributed by atoms with E-state index in [0.29, 0.717) is 46.4 Å². The largest absolute Gasteiger partial charge is 0.350 e. The Morgan fingerprint density at radius 2 is 2.03 bits per heavy atom. The van der Waals surface area contributed by atoms with Gasteiger partial charge < -0.3 is 15.5 Å². The van der Waals surface area contributed by atoms with Crippen LogP contribution in [-0.4, -0.2) is 55.1 Å². The molecule has 1 aliphatic rings. The highest BCUT2D eigenvalue weighted by molar-refractivity contribution is 6.42. The molecule has 4 rings (SSSR count). The third kappa shape index (κ3) is 6.07. The van der Waals surface area contributed by atoms with Gasteiger partial charge in [-0.2, -0.15) is 10.2 Å². The Kier molecular flexibility index (Phi) is 7.67. The number of hydrogen-bond acceptors (Lipinski definition) is 6. The molecule has 0 spiro atoms. The van der Waals surface area contributed by atoms with Crippen LogP contribution in [0.15, 0.2) is 36.7 Å². The lowest BCUT2D eigenvalue weighted by molar-refractivity contribution is 0.174. The third-order valence-corrected chi connectivity index (χ3v) is 6.41. The van der Waals surface area contributed by atoms with Gasteiger partial charge in [0.05, 0.1) is 34.4 Å². The Hall–Kier alpha value is -3.35. The Bertz CT molecular complexity index is 1290. The first kappa shape index (κ1) is 25.7. The van der Waals surface area contributed by atoms with Gasteiger partial charge in [-0.1, -0.05) is 23.2 Å². The molecule has 0 bridgehead atoms. The number of likely N-dealkylation sites (tertiary alicyclic amines) is 1. The molecule has 0 radical (unpaired) electrons. The summed E-state index contributed by atoms with van der Waals surface area (Å²) in [5.74, 6) is 1.59. The molecule has 2 amide bonds. The number of aromatic nitrogens is 4. The van der Waals surface area contributed by atoms with Crippen LogP contribution < -0.4 is 10.6 Å². The maximum atomic E-state index is 12.6. The zero-order chi connectivity index (χ0) is 25.9. The Balaban J connectivity index is 1.59. The normalized spacial score (nSPS) is 15.9. The molecular formula is C25H28Cl2N8O. The highest BCUT2D eigenvalue weighted by Crippen LogP contribution is 2.30. The number of carbonyl (C=O) groups excluding carboxylic acids is 1. The van der Waals surface area contributed by atoms with Gasteiger partial charge in [0.2, 0.25) is 5.95 Å². The molecule has 1 unspecified atom stereocenters. The number of nitriles is 1. The van der Waals surface area contributed by atoms with Gasteiger partial charge in [0.25, 0.3) is 0 Å². The molecule has 11 heteroatoms. The Morgan fingerprint density at radius 3 is 2.75 bits per heavy atom. The second-order valence-electron chi connectivity index (χ2n) is 9.72. The van der Waals surface area contributed by atoms with E-state index in [9.17, 15) is 10.1 Å². The topological polar surface area (TPSA) is 112 Å². The van der Waals surface area contributed by atoms with E-state index >= 15 is 0 Å². The van der Waals surface area contributed by atoms with E-state index < -0.39 is 0 Å². The van der Waals surface area contributed by atoms with Crippen LogP contribution in [0.3, 0.4) is 0 Å². The molecule has 1 aliphatic heterocycles. The second kappa shape index (κ2) is 10.7. The number of imidazole rings is 1. The standard InChI is InChI=1S/C25H28Cl2N8O/c1-25(2,3)33-24(36)34-12-4-5-17(15-34)31-23-29-11-9-21(32-23)35-18(8-10-28)14-30-22(35)16-6-7-19(26)20(27)13-16/h6-7,9,11,13-14,17H,4-5,8,12,15H2,1-3H3,(H,33,36)(H,29,31,32). The van der Waals surface area contributed by atoms with Gasteiger partial charge >= 0.3 is 6.03 Å². The molecule has 1 aromatic carbocycles. The lowest BCUT2D eigenvalue weighted by Gasteiger charge is -2.35. The fourth-order valence-corrected chi connectivity index (χ4v) is 4.39. The summed E-state index contributed by atoms with van der Waals surface area (Å²) in [5.41, 5.74) is 1.13. The van der Waals surface area contributed by atoms with E-state index in [-0.39, 0.29) is 24.0 Å². The van der Waals surface area contributed by atoms with Gasteiger partial charge in [-0.25, -0.2) is 14.8 Å². The number of benzene rings is 1. The van der Waals surface area contributed by atoms with Crippen LogP contribution in [0.5, 0.6) is 0 Å². The SMILES string of the molecule is CC(C)(C)NC(=O)N1CCCC(Nc2nccc(-n3c(CC#N)cnc3-c3ccc(Cl)c(Cl)c3)n2)C1. The number of halogens is 2. The van der Waals surface area contributed by atoms with E-state index in [4.69, 9.17) is 28.2 Å². The van der Waals surface area contributed by atoms with Crippen molar-refractivity contribution in [2.45, 2.75) is 51.6 Å². The number of hydrogen-bond donors (Lipinski definition) is 2. The van der Waals surface area contributed by atoms with Crippen molar-refractivity contribution in [3.05, 3.63) is 52.4 Å². The Labute approximate surface area is 220 Å². The van der Waals surface area contributed by atoms with Crippen LogP contribution in [0.2, 0.25) is 10.0 Å². The number of anilines is 1. The molecule has 0 aliphatic carbocycles. The fourth-order valence-electron chi connectivity index (χ4n) is 4.09. The van der Waals surface area contributed by atoms with Gasteiger partial charge in [0, 0.05) is 36.4 Å². The van der Waals surface area contributed by atoms with Crippen molar-refractivity contribution in [1.29, 1.82) is 5.26 Å². The number of carbonyl (C=O) groups is 1. The van der Waals surface area contributed by atoms with Crippen molar-refractivity contribution in [1.82, 2.24) is 29.7 Å². The van der Waals surface area contributed by atoms with Gasteiger partial charge in [-0.15, -0.1) is 0 Å². The zero-order valence-electron chi connectivity index (χ0n) is 20.4. The molecule has 1 atom stereocenters. The summed E-state index contributed by atoms with van der Waals surface area (Å²) in [6.07, 6.45) is 5.24. The minimum absolute atomic E-state index is 0.00984. The van der Waals surface area contributed by atoms with Crippen LogP contribution in [0.1, 0.15) is 39.3 Å². The Morgan fingerprint density at radius 1 is 1.22 bits per heavy atom. The number of nitrogens with one attached hydrogen (secondary N) is 2. The molecule has 1 saturated heterocycles. The molecular weight excluding hydrogens is 499 g/mol. The summed E-state index contributed by atoms with van der Waals surface area (Å²) in [6.45, 7) is 7.15. The molecule has 2 N–H and O–H groups in total.